The first kappa shape index (κ1) is 36.4. The van der Waals surface area contributed by atoms with E-state index < -0.39 is 0 Å². The fourth-order valence-electron chi connectivity index (χ4n) is 6.43. The topological polar surface area (TPSA) is 6.48 Å². The van der Waals surface area contributed by atoms with Gasteiger partial charge in [-0.05, 0) is 25.7 Å². The van der Waals surface area contributed by atoms with E-state index in [0.717, 1.165) is 0 Å². The van der Waals surface area contributed by atoms with Crippen molar-refractivity contribution in [2.75, 3.05) is 13.1 Å². The quantitative estimate of drug-likeness (QED) is 0.0798. The van der Waals surface area contributed by atoms with Gasteiger partial charge in [0.1, 0.15) is 6.17 Å². The first-order chi connectivity index (χ1) is 19.3. The average Bonchev–Trinajstić information content (AvgIpc) is 3.32. The average molecular weight is 547 g/mol. The molecule has 1 rings (SSSR count). The number of unbranched alkanes of at least 4 members (excludes halogenated alkanes) is 25. The molecule has 0 saturated heterocycles. The zero-order valence-electron chi connectivity index (χ0n) is 27.5. The zero-order valence-corrected chi connectivity index (χ0v) is 27.5. The van der Waals surface area contributed by atoms with E-state index in [0.29, 0.717) is 6.17 Å². The molecule has 0 aromatic heterocycles. The first-order valence-corrected chi connectivity index (χ1v) is 18.5. The standard InChI is InChI=1S/C37H74N2/c1-4-7-9-11-13-15-17-18-19-20-21-23-25-27-29-31-34-39-36-35-38(33-6-3)37(39)32-30-28-26-24-22-16-14-12-10-8-5-2/h35-37H,4-34H2,1-3H3. The summed E-state index contributed by atoms with van der Waals surface area (Å²) < 4.78 is 0. The molecule has 1 unspecified atom stereocenters. The minimum absolute atomic E-state index is 0.639. The van der Waals surface area contributed by atoms with Gasteiger partial charge in [-0.1, -0.05) is 181 Å². The highest BCUT2D eigenvalue weighted by Gasteiger charge is 2.24. The van der Waals surface area contributed by atoms with Gasteiger partial charge in [0.25, 0.3) is 0 Å². The number of hydrogen-bond donors (Lipinski definition) is 0. The largest absolute Gasteiger partial charge is 0.356 e. The minimum Gasteiger partial charge on any atom is -0.356 e. The van der Waals surface area contributed by atoms with Crippen LogP contribution in [0.3, 0.4) is 0 Å². The lowest BCUT2D eigenvalue weighted by molar-refractivity contribution is 0.137. The van der Waals surface area contributed by atoms with E-state index in [4.69, 9.17) is 0 Å². The lowest BCUT2D eigenvalue weighted by Gasteiger charge is -2.33. The third-order valence-corrected chi connectivity index (χ3v) is 9.03. The third kappa shape index (κ3) is 21.7. The second kappa shape index (κ2) is 28.9. The summed E-state index contributed by atoms with van der Waals surface area (Å²) in [6, 6.07) is 0. The van der Waals surface area contributed by atoms with Crippen LogP contribution in [0.2, 0.25) is 0 Å². The molecule has 0 bridgehead atoms. The van der Waals surface area contributed by atoms with Crippen molar-refractivity contribution in [2.24, 2.45) is 0 Å². The van der Waals surface area contributed by atoms with E-state index >= 15 is 0 Å². The molecule has 1 atom stereocenters. The van der Waals surface area contributed by atoms with Gasteiger partial charge in [-0.2, -0.15) is 0 Å². The van der Waals surface area contributed by atoms with E-state index in [1.807, 2.05) is 0 Å². The number of rotatable bonds is 31. The van der Waals surface area contributed by atoms with E-state index in [1.54, 1.807) is 0 Å². The third-order valence-electron chi connectivity index (χ3n) is 9.03. The van der Waals surface area contributed by atoms with Crippen molar-refractivity contribution in [2.45, 2.75) is 213 Å². The molecule has 0 spiro atoms. The fraction of sp³-hybridized carbons (Fsp3) is 0.946. The summed E-state index contributed by atoms with van der Waals surface area (Å²) in [4.78, 5) is 5.30. The van der Waals surface area contributed by atoms with Gasteiger partial charge in [-0.15, -0.1) is 0 Å². The molecule has 0 N–H and O–H groups in total. The summed E-state index contributed by atoms with van der Waals surface area (Å²) >= 11 is 0. The highest BCUT2D eigenvalue weighted by molar-refractivity contribution is 4.96. The zero-order chi connectivity index (χ0) is 28.1. The molecule has 0 aromatic carbocycles. The van der Waals surface area contributed by atoms with Crippen molar-refractivity contribution in [3.63, 3.8) is 0 Å². The van der Waals surface area contributed by atoms with Crippen LogP contribution < -0.4 is 0 Å². The van der Waals surface area contributed by atoms with Crippen LogP contribution in [0, 0.1) is 0 Å². The lowest BCUT2D eigenvalue weighted by Crippen LogP contribution is -2.39. The van der Waals surface area contributed by atoms with Crippen molar-refractivity contribution in [1.82, 2.24) is 9.80 Å². The van der Waals surface area contributed by atoms with E-state index in [-0.39, 0.29) is 0 Å². The Hall–Kier alpha value is -0.660. The van der Waals surface area contributed by atoms with Crippen LogP contribution in [0.5, 0.6) is 0 Å². The van der Waals surface area contributed by atoms with Gasteiger partial charge in [0.15, 0.2) is 0 Å². The van der Waals surface area contributed by atoms with Crippen LogP contribution in [0.1, 0.15) is 207 Å². The Kier molecular flexibility index (Phi) is 26.9. The van der Waals surface area contributed by atoms with Crippen molar-refractivity contribution in [3.8, 4) is 0 Å². The van der Waals surface area contributed by atoms with Gasteiger partial charge in [0.2, 0.25) is 0 Å². The van der Waals surface area contributed by atoms with E-state index in [1.165, 1.54) is 199 Å². The molecule has 39 heavy (non-hydrogen) atoms. The van der Waals surface area contributed by atoms with Crippen molar-refractivity contribution in [1.29, 1.82) is 0 Å². The molecule has 1 aliphatic heterocycles. The maximum Gasteiger partial charge on any atom is 0.101 e. The molecule has 0 aromatic rings. The maximum atomic E-state index is 2.68. The summed E-state index contributed by atoms with van der Waals surface area (Å²) in [5.41, 5.74) is 0. The van der Waals surface area contributed by atoms with E-state index in [9.17, 15) is 0 Å². The van der Waals surface area contributed by atoms with Crippen molar-refractivity contribution in [3.05, 3.63) is 12.4 Å². The lowest BCUT2D eigenvalue weighted by atomic mass is 10.0. The summed E-state index contributed by atoms with van der Waals surface area (Å²) in [5, 5.41) is 0. The summed E-state index contributed by atoms with van der Waals surface area (Å²) in [6.07, 6.45) is 47.1. The van der Waals surface area contributed by atoms with Gasteiger partial charge < -0.3 is 9.80 Å². The van der Waals surface area contributed by atoms with E-state index in [2.05, 4.69) is 43.0 Å². The summed E-state index contributed by atoms with van der Waals surface area (Å²) in [5.74, 6) is 0. The SMILES string of the molecule is CCCCCCCCCCCCCCCCCCN1C=CN(CCC)C1CCCCCCCCCCCCC. The molecule has 0 aliphatic carbocycles. The van der Waals surface area contributed by atoms with Gasteiger partial charge in [0, 0.05) is 25.5 Å². The monoisotopic (exact) mass is 547 g/mol. The van der Waals surface area contributed by atoms with Crippen molar-refractivity contribution >= 4 is 0 Å². The van der Waals surface area contributed by atoms with Crippen LogP contribution in [0.25, 0.3) is 0 Å². The van der Waals surface area contributed by atoms with Crippen LogP contribution >= 0.6 is 0 Å². The molecule has 1 heterocycles. The Morgan fingerprint density at radius 3 is 1.00 bits per heavy atom. The predicted molar refractivity (Wildman–Crippen MR) is 177 cm³/mol. The second-order valence-corrected chi connectivity index (χ2v) is 12.9. The second-order valence-electron chi connectivity index (χ2n) is 12.9. The Balaban J connectivity index is 1.98. The number of hydrogen-bond acceptors (Lipinski definition) is 2. The molecule has 0 fully saturated rings. The van der Waals surface area contributed by atoms with Crippen LogP contribution in [0.4, 0.5) is 0 Å². The summed E-state index contributed by atoms with van der Waals surface area (Å²) in [6.45, 7) is 9.42. The van der Waals surface area contributed by atoms with Crippen LogP contribution in [0.15, 0.2) is 12.4 Å². The molecule has 232 valence electrons. The Morgan fingerprint density at radius 2 is 0.641 bits per heavy atom. The molecular weight excluding hydrogens is 472 g/mol. The highest BCUT2D eigenvalue weighted by Crippen LogP contribution is 2.23. The van der Waals surface area contributed by atoms with Crippen molar-refractivity contribution < 1.29 is 0 Å². The van der Waals surface area contributed by atoms with Crippen LogP contribution in [-0.2, 0) is 0 Å². The van der Waals surface area contributed by atoms with Gasteiger partial charge in [0.05, 0.1) is 0 Å². The first-order valence-electron chi connectivity index (χ1n) is 18.5. The summed E-state index contributed by atoms with van der Waals surface area (Å²) in [7, 11) is 0. The fourth-order valence-corrected chi connectivity index (χ4v) is 6.43. The Morgan fingerprint density at radius 1 is 0.333 bits per heavy atom. The molecule has 0 radical (unpaired) electrons. The molecule has 0 saturated carbocycles. The number of nitrogens with zero attached hydrogens (tertiary/aromatic N) is 2. The predicted octanol–water partition coefficient (Wildman–Crippen LogP) is 12.8. The van der Waals surface area contributed by atoms with Gasteiger partial charge in [-0.3, -0.25) is 0 Å². The molecule has 2 heteroatoms. The maximum absolute atomic E-state index is 2.68. The minimum atomic E-state index is 0.639. The van der Waals surface area contributed by atoms with Crippen LogP contribution in [-0.4, -0.2) is 29.1 Å². The smallest absolute Gasteiger partial charge is 0.101 e. The molecular formula is C37H74N2. The Bertz CT molecular complexity index is 502. The highest BCUT2D eigenvalue weighted by atomic mass is 15.4. The molecule has 0 amide bonds. The molecule has 1 aliphatic rings. The normalized spacial score (nSPS) is 15.2. The molecule has 2 nitrogen and oxygen atoms in total. The van der Waals surface area contributed by atoms with Gasteiger partial charge in [-0.25, -0.2) is 0 Å². The Labute approximate surface area is 248 Å². The van der Waals surface area contributed by atoms with Gasteiger partial charge >= 0.3 is 0 Å².